The molecule has 0 spiro atoms. The molecule has 6 heteroatoms. The number of aromatic nitrogens is 3. The van der Waals surface area contributed by atoms with Crippen molar-refractivity contribution in [3.63, 3.8) is 0 Å². The molecule has 0 saturated carbocycles. The van der Waals surface area contributed by atoms with Crippen LogP contribution in [0.4, 0.5) is 17.8 Å². The smallest absolute Gasteiger partial charge is 0.231 e. The molecule has 1 aromatic rings. The molecule has 6 nitrogen and oxygen atoms in total. The zero-order chi connectivity index (χ0) is 15.3. The molecule has 1 aromatic heterocycles. The van der Waals surface area contributed by atoms with Gasteiger partial charge in [0.2, 0.25) is 17.8 Å². The third kappa shape index (κ3) is 4.51. The maximum absolute atomic E-state index is 4.60. The molecule has 0 saturated heterocycles. The van der Waals surface area contributed by atoms with E-state index in [0.717, 1.165) is 25.6 Å². The van der Waals surface area contributed by atoms with Gasteiger partial charge in [-0.3, -0.25) is 0 Å². The molecule has 0 aliphatic heterocycles. The molecule has 1 N–H and O–H groups in total. The van der Waals surface area contributed by atoms with Crippen LogP contribution < -0.4 is 15.1 Å². The molecule has 0 aliphatic rings. The highest BCUT2D eigenvalue weighted by Gasteiger charge is 2.18. The first kappa shape index (κ1) is 16.5. The highest BCUT2D eigenvalue weighted by molar-refractivity contribution is 5.44. The summed E-state index contributed by atoms with van der Waals surface area (Å²) in [6.07, 6.45) is 0. The summed E-state index contributed by atoms with van der Waals surface area (Å²) in [6, 6.07) is 0. The van der Waals surface area contributed by atoms with Gasteiger partial charge in [-0.15, -0.1) is 0 Å². The fraction of sp³-hybridized carbons (Fsp3) is 0.786. The van der Waals surface area contributed by atoms with E-state index in [0.29, 0.717) is 11.9 Å². The Morgan fingerprint density at radius 3 is 2.00 bits per heavy atom. The summed E-state index contributed by atoms with van der Waals surface area (Å²) < 4.78 is 0. The van der Waals surface area contributed by atoms with Crippen molar-refractivity contribution in [1.29, 1.82) is 0 Å². The van der Waals surface area contributed by atoms with Gasteiger partial charge in [-0.2, -0.15) is 15.0 Å². The van der Waals surface area contributed by atoms with Crippen molar-refractivity contribution in [1.82, 2.24) is 15.0 Å². The quantitative estimate of drug-likeness (QED) is 0.862. The number of rotatable bonds is 6. The highest BCUT2D eigenvalue weighted by Crippen LogP contribution is 2.20. The third-order valence-corrected chi connectivity index (χ3v) is 2.93. The van der Waals surface area contributed by atoms with E-state index in [9.17, 15) is 0 Å². The van der Waals surface area contributed by atoms with Crippen molar-refractivity contribution >= 4 is 17.8 Å². The second-order valence-corrected chi connectivity index (χ2v) is 6.10. The normalized spacial score (nSPS) is 11.3. The standard InChI is InChI=1S/C14H28N6/c1-8-20(9-2)13-17-11(15-6)16-12(18-13)19(7)10-14(3,4)5/h8-10H2,1-7H3,(H,15,16,17,18). The summed E-state index contributed by atoms with van der Waals surface area (Å²) in [5.74, 6) is 2.05. The van der Waals surface area contributed by atoms with Gasteiger partial charge in [-0.25, -0.2) is 0 Å². The minimum Gasteiger partial charge on any atom is -0.357 e. The Morgan fingerprint density at radius 1 is 1.00 bits per heavy atom. The predicted octanol–water partition coefficient (Wildman–Crippen LogP) is 2.24. The van der Waals surface area contributed by atoms with Crippen LogP contribution in [0.15, 0.2) is 0 Å². The van der Waals surface area contributed by atoms with Crippen LogP contribution in [0.25, 0.3) is 0 Å². The largest absolute Gasteiger partial charge is 0.357 e. The number of nitrogens with zero attached hydrogens (tertiary/aromatic N) is 5. The van der Waals surface area contributed by atoms with Crippen molar-refractivity contribution in [2.75, 3.05) is 48.8 Å². The Labute approximate surface area is 122 Å². The Hall–Kier alpha value is -1.59. The summed E-state index contributed by atoms with van der Waals surface area (Å²) >= 11 is 0. The second kappa shape index (κ2) is 6.72. The van der Waals surface area contributed by atoms with E-state index in [-0.39, 0.29) is 5.41 Å². The summed E-state index contributed by atoms with van der Waals surface area (Å²) in [4.78, 5) is 17.7. The zero-order valence-electron chi connectivity index (χ0n) is 13.9. The maximum Gasteiger partial charge on any atom is 0.231 e. The van der Waals surface area contributed by atoms with Crippen LogP contribution in [-0.2, 0) is 0 Å². The van der Waals surface area contributed by atoms with E-state index in [4.69, 9.17) is 0 Å². The number of hydrogen-bond donors (Lipinski definition) is 1. The van der Waals surface area contributed by atoms with Crippen molar-refractivity contribution in [2.24, 2.45) is 5.41 Å². The van der Waals surface area contributed by atoms with E-state index >= 15 is 0 Å². The maximum atomic E-state index is 4.60. The Balaban J connectivity index is 3.10. The molecule has 20 heavy (non-hydrogen) atoms. The van der Waals surface area contributed by atoms with E-state index < -0.39 is 0 Å². The fourth-order valence-electron chi connectivity index (χ4n) is 2.07. The average Bonchev–Trinajstić information content (AvgIpc) is 2.37. The highest BCUT2D eigenvalue weighted by atomic mass is 15.4. The third-order valence-electron chi connectivity index (χ3n) is 2.93. The van der Waals surface area contributed by atoms with Gasteiger partial charge < -0.3 is 15.1 Å². The minimum atomic E-state index is 0.191. The van der Waals surface area contributed by atoms with Gasteiger partial charge in [0.1, 0.15) is 0 Å². The summed E-state index contributed by atoms with van der Waals surface area (Å²) in [5, 5.41) is 3.01. The lowest BCUT2D eigenvalue weighted by Gasteiger charge is -2.27. The van der Waals surface area contributed by atoms with Crippen LogP contribution in [0.5, 0.6) is 0 Å². The van der Waals surface area contributed by atoms with Gasteiger partial charge in [-0.1, -0.05) is 20.8 Å². The van der Waals surface area contributed by atoms with Crippen molar-refractivity contribution in [3.05, 3.63) is 0 Å². The molecule has 0 aliphatic carbocycles. The Morgan fingerprint density at radius 2 is 1.55 bits per heavy atom. The van der Waals surface area contributed by atoms with Crippen molar-refractivity contribution in [2.45, 2.75) is 34.6 Å². The molecular weight excluding hydrogens is 252 g/mol. The molecule has 0 radical (unpaired) electrons. The molecular formula is C14H28N6. The number of nitrogens with one attached hydrogen (secondary N) is 1. The first-order chi connectivity index (χ1) is 9.30. The molecule has 0 atom stereocenters. The molecule has 0 unspecified atom stereocenters. The summed E-state index contributed by atoms with van der Waals surface area (Å²) in [7, 11) is 3.85. The van der Waals surface area contributed by atoms with Gasteiger partial charge in [0.15, 0.2) is 0 Å². The van der Waals surface area contributed by atoms with Gasteiger partial charge in [0.05, 0.1) is 0 Å². The second-order valence-electron chi connectivity index (χ2n) is 6.10. The monoisotopic (exact) mass is 280 g/mol. The number of anilines is 3. The Bertz CT molecular complexity index is 422. The van der Waals surface area contributed by atoms with Gasteiger partial charge >= 0.3 is 0 Å². The minimum absolute atomic E-state index is 0.191. The van der Waals surface area contributed by atoms with Crippen LogP contribution in [0, 0.1) is 5.41 Å². The molecule has 0 bridgehead atoms. The molecule has 1 heterocycles. The lowest BCUT2D eigenvalue weighted by molar-refractivity contribution is 0.416. The lowest BCUT2D eigenvalue weighted by atomic mass is 9.96. The number of hydrogen-bond acceptors (Lipinski definition) is 6. The SMILES string of the molecule is CCN(CC)c1nc(NC)nc(N(C)CC(C)(C)C)n1. The lowest BCUT2D eigenvalue weighted by Crippen LogP contribution is -2.32. The molecule has 0 amide bonds. The summed E-state index contributed by atoms with van der Waals surface area (Å²) in [5.41, 5.74) is 0.191. The van der Waals surface area contributed by atoms with Crippen LogP contribution in [0.3, 0.4) is 0 Å². The van der Waals surface area contributed by atoms with Crippen molar-refractivity contribution < 1.29 is 0 Å². The van der Waals surface area contributed by atoms with E-state index in [1.165, 1.54) is 0 Å². The Kier molecular flexibility index (Phi) is 5.53. The van der Waals surface area contributed by atoms with E-state index in [1.54, 1.807) is 0 Å². The van der Waals surface area contributed by atoms with Gasteiger partial charge in [0.25, 0.3) is 0 Å². The van der Waals surface area contributed by atoms with Crippen molar-refractivity contribution in [3.8, 4) is 0 Å². The first-order valence-electron chi connectivity index (χ1n) is 7.20. The van der Waals surface area contributed by atoms with E-state index in [1.807, 2.05) is 14.1 Å². The molecule has 114 valence electrons. The van der Waals surface area contributed by atoms with Crippen LogP contribution >= 0.6 is 0 Å². The van der Waals surface area contributed by atoms with Gasteiger partial charge in [0, 0.05) is 33.7 Å². The first-order valence-corrected chi connectivity index (χ1v) is 7.20. The van der Waals surface area contributed by atoms with Crippen LogP contribution in [-0.4, -0.2) is 48.7 Å². The molecule has 0 fully saturated rings. The summed E-state index contributed by atoms with van der Waals surface area (Å²) in [6.45, 7) is 13.5. The van der Waals surface area contributed by atoms with Crippen LogP contribution in [0.2, 0.25) is 0 Å². The zero-order valence-corrected chi connectivity index (χ0v) is 13.9. The predicted molar refractivity (Wildman–Crippen MR) is 85.7 cm³/mol. The topological polar surface area (TPSA) is 57.2 Å². The van der Waals surface area contributed by atoms with E-state index in [2.05, 4.69) is 64.7 Å². The average molecular weight is 280 g/mol. The van der Waals surface area contributed by atoms with Gasteiger partial charge in [-0.05, 0) is 19.3 Å². The molecule has 1 rings (SSSR count). The van der Waals surface area contributed by atoms with Crippen LogP contribution in [0.1, 0.15) is 34.6 Å². The molecule has 0 aromatic carbocycles. The fourth-order valence-corrected chi connectivity index (χ4v) is 2.07.